The minimum atomic E-state index is -0.518. The fraction of sp³-hybridized carbons (Fsp3) is 0.474. The Labute approximate surface area is 153 Å². The molecule has 7 heteroatoms. The van der Waals surface area contributed by atoms with Gasteiger partial charge in [0.15, 0.2) is 0 Å². The van der Waals surface area contributed by atoms with Gasteiger partial charge in [0.25, 0.3) is 0 Å². The molecule has 1 aliphatic rings. The predicted molar refractivity (Wildman–Crippen MR) is 99.4 cm³/mol. The van der Waals surface area contributed by atoms with E-state index in [1.165, 1.54) is 12.1 Å². The SMILES string of the molecule is CN(C)c1nccc(N(C)C2CCN(Cc3cc(F)cc(F)c3)CC2)n1. The zero-order chi connectivity index (χ0) is 18.7. The summed E-state index contributed by atoms with van der Waals surface area (Å²) in [5, 5.41) is 0. The number of nitrogens with zero attached hydrogens (tertiary/aromatic N) is 5. The Kier molecular flexibility index (Phi) is 5.66. The van der Waals surface area contributed by atoms with Gasteiger partial charge in [-0.3, -0.25) is 4.90 Å². The molecule has 0 saturated carbocycles. The number of hydrogen-bond donors (Lipinski definition) is 0. The first kappa shape index (κ1) is 18.5. The lowest BCUT2D eigenvalue weighted by molar-refractivity contribution is 0.203. The van der Waals surface area contributed by atoms with Gasteiger partial charge in [-0.1, -0.05) is 0 Å². The van der Waals surface area contributed by atoms with Crippen molar-refractivity contribution in [1.29, 1.82) is 0 Å². The summed E-state index contributed by atoms with van der Waals surface area (Å²) in [6.45, 7) is 2.35. The Morgan fingerprint density at radius 3 is 2.35 bits per heavy atom. The summed E-state index contributed by atoms with van der Waals surface area (Å²) < 4.78 is 26.7. The topological polar surface area (TPSA) is 35.5 Å². The number of halogens is 2. The van der Waals surface area contributed by atoms with E-state index in [0.717, 1.165) is 37.8 Å². The number of piperidine rings is 1. The van der Waals surface area contributed by atoms with E-state index in [2.05, 4.69) is 26.8 Å². The van der Waals surface area contributed by atoms with Crippen molar-refractivity contribution in [3.63, 3.8) is 0 Å². The lowest BCUT2D eigenvalue weighted by Crippen LogP contribution is -2.43. The van der Waals surface area contributed by atoms with Crippen LogP contribution in [-0.2, 0) is 6.54 Å². The Hall–Kier alpha value is -2.28. The first-order chi connectivity index (χ1) is 12.4. The largest absolute Gasteiger partial charge is 0.356 e. The third-order valence-electron chi connectivity index (χ3n) is 4.82. The lowest BCUT2D eigenvalue weighted by atomic mass is 10.0. The quantitative estimate of drug-likeness (QED) is 0.818. The third kappa shape index (κ3) is 4.46. The number of hydrogen-bond acceptors (Lipinski definition) is 5. The molecule has 2 heterocycles. The monoisotopic (exact) mass is 361 g/mol. The van der Waals surface area contributed by atoms with Crippen LogP contribution in [0.1, 0.15) is 18.4 Å². The van der Waals surface area contributed by atoms with Crippen LogP contribution in [0.4, 0.5) is 20.5 Å². The van der Waals surface area contributed by atoms with Crippen LogP contribution < -0.4 is 9.80 Å². The van der Waals surface area contributed by atoms with Crippen molar-refractivity contribution in [3.05, 3.63) is 47.7 Å². The van der Waals surface area contributed by atoms with Gasteiger partial charge in [-0.05, 0) is 36.6 Å². The van der Waals surface area contributed by atoms with Crippen LogP contribution in [0.25, 0.3) is 0 Å². The number of rotatable bonds is 5. The number of benzene rings is 1. The fourth-order valence-corrected chi connectivity index (χ4v) is 3.36. The van der Waals surface area contributed by atoms with Crippen molar-refractivity contribution in [1.82, 2.24) is 14.9 Å². The van der Waals surface area contributed by atoms with Crippen molar-refractivity contribution in [3.8, 4) is 0 Å². The molecule has 0 aliphatic carbocycles. The van der Waals surface area contributed by atoms with E-state index in [1.54, 1.807) is 6.20 Å². The normalized spacial score (nSPS) is 15.9. The second-order valence-corrected chi connectivity index (χ2v) is 7.01. The molecule has 1 aliphatic heterocycles. The molecule has 0 unspecified atom stereocenters. The van der Waals surface area contributed by atoms with Crippen LogP contribution in [-0.4, -0.2) is 55.1 Å². The highest BCUT2D eigenvalue weighted by atomic mass is 19.1. The zero-order valence-electron chi connectivity index (χ0n) is 15.5. The molecule has 0 N–H and O–H groups in total. The van der Waals surface area contributed by atoms with Gasteiger partial charge in [-0.15, -0.1) is 0 Å². The highest BCUT2D eigenvalue weighted by Gasteiger charge is 2.24. The first-order valence-corrected chi connectivity index (χ1v) is 8.83. The lowest BCUT2D eigenvalue weighted by Gasteiger charge is -2.37. The molecular formula is C19H25F2N5. The summed E-state index contributed by atoms with van der Waals surface area (Å²) in [4.78, 5) is 15.2. The molecule has 0 spiro atoms. The van der Waals surface area contributed by atoms with Crippen LogP contribution in [0.5, 0.6) is 0 Å². The van der Waals surface area contributed by atoms with Crippen molar-refractivity contribution >= 4 is 11.8 Å². The van der Waals surface area contributed by atoms with Crippen LogP contribution in [0.15, 0.2) is 30.5 Å². The van der Waals surface area contributed by atoms with Crippen LogP contribution in [0, 0.1) is 11.6 Å². The summed E-state index contributed by atoms with van der Waals surface area (Å²) >= 11 is 0. The first-order valence-electron chi connectivity index (χ1n) is 8.83. The highest BCUT2D eigenvalue weighted by Crippen LogP contribution is 2.22. The Morgan fingerprint density at radius 1 is 1.08 bits per heavy atom. The van der Waals surface area contributed by atoms with E-state index in [9.17, 15) is 8.78 Å². The average Bonchev–Trinajstić information content (AvgIpc) is 2.61. The minimum absolute atomic E-state index is 0.389. The molecular weight excluding hydrogens is 336 g/mol. The molecule has 0 radical (unpaired) electrons. The second kappa shape index (κ2) is 7.95. The van der Waals surface area contributed by atoms with Gasteiger partial charge in [0, 0.05) is 59.1 Å². The molecule has 1 aromatic heterocycles. The number of likely N-dealkylation sites (tertiary alicyclic amines) is 1. The molecule has 0 bridgehead atoms. The van der Waals surface area contributed by atoms with Crippen LogP contribution in [0.2, 0.25) is 0 Å². The molecule has 3 rings (SSSR count). The van der Waals surface area contributed by atoms with Gasteiger partial charge < -0.3 is 9.80 Å². The molecule has 2 aromatic rings. The standard InChI is InChI=1S/C19H25F2N5/c1-24(2)19-22-7-4-18(23-19)25(3)17-5-8-26(9-6-17)13-14-10-15(20)12-16(21)11-14/h4,7,10-12,17H,5-6,8-9,13H2,1-3H3. The third-order valence-corrected chi connectivity index (χ3v) is 4.82. The Bertz CT molecular complexity index is 724. The van der Waals surface area contributed by atoms with Crippen molar-refractivity contribution in [2.45, 2.75) is 25.4 Å². The summed E-state index contributed by atoms with van der Waals surface area (Å²) in [7, 11) is 5.91. The van der Waals surface area contributed by atoms with E-state index in [1.807, 2.05) is 25.1 Å². The maximum atomic E-state index is 13.3. The Morgan fingerprint density at radius 2 is 1.73 bits per heavy atom. The van der Waals surface area contributed by atoms with Crippen LogP contribution in [0.3, 0.4) is 0 Å². The zero-order valence-corrected chi connectivity index (χ0v) is 15.5. The molecule has 1 aromatic carbocycles. The average molecular weight is 361 g/mol. The van der Waals surface area contributed by atoms with Gasteiger partial charge in [-0.25, -0.2) is 13.8 Å². The molecule has 140 valence electrons. The smallest absolute Gasteiger partial charge is 0.226 e. The van der Waals surface area contributed by atoms with E-state index < -0.39 is 11.6 Å². The Balaban J connectivity index is 1.58. The number of anilines is 2. The minimum Gasteiger partial charge on any atom is -0.356 e. The molecule has 1 fully saturated rings. The highest BCUT2D eigenvalue weighted by molar-refractivity contribution is 5.43. The maximum Gasteiger partial charge on any atom is 0.226 e. The van der Waals surface area contributed by atoms with Crippen molar-refractivity contribution in [2.75, 3.05) is 44.0 Å². The van der Waals surface area contributed by atoms with Gasteiger partial charge in [0.05, 0.1) is 0 Å². The van der Waals surface area contributed by atoms with E-state index in [0.29, 0.717) is 24.1 Å². The molecule has 0 amide bonds. The van der Waals surface area contributed by atoms with Gasteiger partial charge in [0.1, 0.15) is 17.5 Å². The van der Waals surface area contributed by atoms with Crippen LogP contribution >= 0.6 is 0 Å². The summed E-state index contributed by atoms with van der Waals surface area (Å²) in [6, 6.07) is 6.04. The summed E-state index contributed by atoms with van der Waals surface area (Å²) in [5.74, 6) is 0.569. The van der Waals surface area contributed by atoms with E-state index >= 15 is 0 Å². The molecule has 26 heavy (non-hydrogen) atoms. The van der Waals surface area contributed by atoms with Gasteiger partial charge in [0.2, 0.25) is 5.95 Å². The van der Waals surface area contributed by atoms with Crippen molar-refractivity contribution < 1.29 is 8.78 Å². The summed E-state index contributed by atoms with van der Waals surface area (Å²) in [5.41, 5.74) is 0.681. The molecule has 0 atom stereocenters. The molecule has 1 saturated heterocycles. The maximum absolute atomic E-state index is 13.3. The van der Waals surface area contributed by atoms with Gasteiger partial charge >= 0.3 is 0 Å². The van der Waals surface area contributed by atoms with Crippen molar-refractivity contribution in [2.24, 2.45) is 0 Å². The molecule has 5 nitrogen and oxygen atoms in total. The van der Waals surface area contributed by atoms with E-state index in [4.69, 9.17) is 0 Å². The summed E-state index contributed by atoms with van der Waals surface area (Å²) in [6.07, 6.45) is 3.74. The van der Waals surface area contributed by atoms with Gasteiger partial charge in [-0.2, -0.15) is 4.98 Å². The number of aromatic nitrogens is 2. The van der Waals surface area contributed by atoms with E-state index in [-0.39, 0.29) is 0 Å². The predicted octanol–water partition coefficient (Wildman–Crippen LogP) is 2.92. The second-order valence-electron chi connectivity index (χ2n) is 7.01. The fourth-order valence-electron chi connectivity index (χ4n) is 3.36.